The zero-order valence-corrected chi connectivity index (χ0v) is 22.7. The first kappa shape index (κ1) is 27.5. The van der Waals surface area contributed by atoms with Crippen LogP contribution >= 0.6 is 34.8 Å². The largest absolute Gasteiger partial charge is 0.497 e. The normalized spacial score (nSPS) is 14.7. The average molecular weight is 599 g/mol. The number of aromatic nitrogens is 3. The van der Waals surface area contributed by atoms with Crippen LogP contribution in [0.3, 0.4) is 0 Å². The van der Waals surface area contributed by atoms with Crippen molar-refractivity contribution in [2.75, 3.05) is 33.3 Å². The molecule has 0 radical (unpaired) electrons. The lowest BCUT2D eigenvalue weighted by Crippen LogP contribution is -2.48. The molecule has 2 aromatic heterocycles. The number of fused-ring (bicyclic) bond motifs is 1. The van der Waals surface area contributed by atoms with Gasteiger partial charge in [-0.2, -0.15) is 18.3 Å². The van der Waals surface area contributed by atoms with Crippen molar-refractivity contribution in [1.29, 1.82) is 0 Å². The number of halogens is 6. The Balaban J connectivity index is 1.41. The molecule has 0 aliphatic carbocycles. The number of nitrogens with zero attached hydrogens (tertiary/aromatic N) is 5. The Morgan fingerprint density at radius 1 is 1.00 bits per heavy atom. The molecule has 13 heteroatoms. The van der Waals surface area contributed by atoms with E-state index in [1.54, 1.807) is 36.4 Å². The van der Waals surface area contributed by atoms with E-state index in [-0.39, 0.29) is 22.1 Å². The van der Waals surface area contributed by atoms with Gasteiger partial charge in [0.05, 0.1) is 22.8 Å². The minimum Gasteiger partial charge on any atom is -0.497 e. The van der Waals surface area contributed by atoms with Crippen LogP contribution in [0.15, 0.2) is 48.5 Å². The van der Waals surface area contributed by atoms with Gasteiger partial charge in [0.15, 0.2) is 17.0 Å². The number of hydrogen-bond donors (Lipinski definition) is 0. The van der Waals surface area contributed by atoms with E-state index in [0.29, 0.717) is 58.6 Å². The minimum absolute atomic E-state index is 0.0189. The second kappa shape index (κ2) is 10.8. The molecule has 5 rings (SSSR count). The van der Waals surface area contributed by atoms with Gasteiger partial charge in [-0.25, -0.2) is 9.50 Å². The fourth-order valence-corrected chi connectivity index (χ4v) is 4.98. The molecule has 1 aliphatic heterocycles. The monoisotopic (exact) mass is 597 g/mol. The van der Waals surface area contributed by atoms with Crippen molar-refractivity contribution in [1.82, 2.24) is 24.4 Å². The number of piperazine rings is 1. The highest BCUT2D eigenvalue weighted by atomic mass is 35.5. The van der Waals surface area contributed by atoms with E-state index in [0.717, 1.165) is 11.6 Å². The molecule has 0 atom stereocenters. The van der Waals surface area contributed by atoms with Gasteiger partial charge in [-0.15, -0.1) is 0 Å². The van der Waals surface area contributed by atoms with Gasteiger partial charge in [0.1, 0.15) is 10.8 Å². The zero-order chi connectivity index (χ0) is 27.9. The van der Waals surface area contributed by atoms with E-state index in [1.807, 2.05) is 6.07 Å². The second-order valence-corrected chi connectivity index (χ2v) is 10.2. The number of ether oxygens (including phenoxy) is 1. The van der Waals surface area contributed by atoms with Crippen molar-refractivity contribution in [3.63, 3.8) is 0 Å². The van der Waals surface area contributed by atoms with E-state index < -0.39 is 17.8 Å². The summed E-state index contributed by atoms with van der Waals surface area (Å²) in [5.41, 5.74) is -0.250. The first-order valence-electron chi connectivity index (χ1n) is 11.8. The minimum atomic E-state index is -4.78. The molecule has 3 heterocycles. The molecule has 1 amide bonds. The van der Waals surface area contributed by atoms with Gasteiger partial charge in [0.2, 0.25) is 0 Å². The lowest BCUT2D eigenvalue weighted by Gasteiger charge is -2.34. The maximum absolute atomic E-state index is 14.1. The van der Waals surface area contributed by atoms with Crippen molar-refractivity contribution in [2.45, 2.75) is 12.7 Å². The molecule has 7 nitrogen and oxygen atoms in total. The lowest BCUT2D eigenvalue weighted by atomic mass is 10.1. The summed E-state index contributed by atoms with van der Waals surface area (Å²) in [6.45, 7) is 2.39. The highest BCUT2D eigenvalue weighted by molar-refractivity contribution is 6.42. The molecule has 1 fully saturated rings. The van der Waals surface area contributed by atoms with Gasteiger partial charge < -0.3 is 9.64 Å². The first-order valence-corrected chi connectivity index (χ1v) is 12.9. The van der Waals surface area contributed by atoms with Crippen LogP contribution in [0.25, 0.3) is 16.9 Å². The topological polar surface area (TPSA) is 63.0 Å². The molecule has 1 saturated heterocycles. The Morgan fingerprint density at radius 2 is 1.74 bits per heavy atom. The van der Waals surface area contributed by atoms with Gasteiger partial charge >= 0.3 is 6.18 Å². The molecule has 1 aliphatic rings. The lowest BCUT2D eigenvalue weighted by molar-refractivity contribution is -0.142. The van der Waals surface area contributed by atoms with Gasteiger partial charge in [-0.3, -0.25) is 9.69 Å². The standard InChI is InChI=1S/C26H21Cl3F3N5O2/c1-39-17-4-2-3-16(12-17)20-13-21(26(30,31)32)37-24(33-20)22(29)23(34-37)25(38)36-9-7-35(8-10-36)14-15-5-6-18(27)19(28)11-15/h2-6,11-13H,7-10,14H2,1H3. The van der Waals surface area contributed by atoms with Crippen LogP contribution in [0.1, 0.15) is 21.7 Å². The summed E-state index contributed by atoms with van der Waals surface area (Å²) in [6.07, 6.45) is -4.78. The third kappa shape index (κ3) is 5.65. The Kier molecular flexibility index (Phi) is 7.65. The van der Waals surface area contributed by atoms with E-state index in [9.17, 15) is 18.0 Å². The number of methoxy groups -OCH3 is 1. The number of benzene rings is 2. The van der Waals surface area contributed by atoms with Gasteiger partial charge in [0.25, 0.3) is 5.91 Å². The predicted molar refractivity (Wildman–Crippen MR) is 143 cm³/mol. The molecule has 39 heavy (non-hydrogen) atoms. The zero-order valence-electron chi connectivity index (χ0n) is 20.5. The smallest absolute Gasteiger partial charge is 0.433 e. The van der Waals surface area contributed by atoms with Crippen LogP contribution in [0.4, 0.5) is 13.2 Å². The van der Waals surface area contributed by atoms with Crippen LogP contribution in [-0.4, -0.2) is 63.6 Å². The van der Waals surface area contributed by atoms with Crippen LogP contribution < -0.4 is 4.74 Å². The quantitative estimate of drug-likeness (QED) is 0.268. The Morgan fingerprint density at radius 3 is 2.41 bits per heavy atom. The van der Waals surface area contributed by atoms with Crippen molar-refractivity contribution >= 4 is 46.4 Å². The van der Waals surface area contributed by atoms with Gasteiger partial charge in [0, 0.05) is 38.3 Å². The van der Waals surface area contributed by atoms with Crippen LogP contribution in [0, 0.1) is 0 Å². The molecule has 0 unspecified atom stereocenters. The Bertz CT molecular complexity index is 1550. The molecule has 4 aromatic rings. The maximum Gasteiger partial charge on any atom is 0.433 e. The molecule has 0 bridgehead atoms. The fourth-order valence-electron chi connectivity index (χ4n) is 4.42. The highest BCUT2D eigenvalue weighted by Crippen LogP contribution is 2.35. The van der Waals surface area contributed by atoms with Crippen molar-refractivity contribution in [3.8, 4) is 17.0 Å². The summed E-state index contributed by atoms with van der Waals surface area (Å²) >= 11 is 18.5. The second-order valence-electron chi connectivity index (χ2n) is 8.97. The average Bonchev–Trinajstić information content (AvgIpc) is 3.25. The molecule has 0 spiro atoms. The number of carbonyl (C=O) groups is 1. The van der Waals surface area contributed by atoms with Crippen molar-refractivity contribution < 1.29 is 22.7 Å². The number of alkyl halides is 3. The van der Waals surface area contributed by atoms with Crippen molar-refractivity contribution in [3.05, 3.63) is 80.6 Å². The molecule has 204 valence electrons. The van der Waals surface area contributed by atoms with Crippen molar-refractivity contribution in [2.24, 2.45) is 0 Å². The molecule has 2 aromatic carbocycles. The molecule has 0 saturated carbocycles. The molecular formula is C26H21Cl3F3N5O2. The summed E-state index contributed by atoms with van der Waals surface area (Å²) < 4.78 is 47.9. The van der Waals surface area contributed by atoms with Gasteiger partial charge in [-0.05, 0) is 35.9 Å². The summed E-state index contributed by atoms with van der Waals surface area (Å²) in [5, 5.41) is 4.67. The summed E-state index contributed by atoms with van der Waals surface area (Å²) in [4.78, 5) is 21.3. The number of hydrogen-bond acceptors (Lipinski definition) is 5. The third-order valence-corrected chi connectivity index (χ3v) is 7.53. The Labute approximate surface area is 236 Å². The fraction of sp³-hybridized carbons (Fsp3) is 0.269. The number of amides is 1. The van der Waals surface area contributed by atoms with E-state index in [2.05, 4.69) is 15.0 Å². The highest BCUT2D eigenvalue weighted by Gasteiger charge is 2.37. The predicted octanol–water partition coefficient (Wildman–Crippen LogP) is 6.34. The third-order valence-electron chi connectivity index (χ3n) is 6.44. The summed E-state index contributed by atoms with van der Waals surface area (Å²) in [6, 6.07) is 12.8. The van der Waals surface area contributed by atoms with E-state index >= 15 is 0 Å². The molecular weight excluding hydrogens is 578 g/mol. The summed E-state index contributed by atoms with van der Waals surface area (Å²) in [7, 11) is 1.45. The maximum atomic E-state index is 14.1. The SMILES string of the molecule is COc1cccc(-c2cc(C(F)(F)F)n3nc(C(=O)N4CCN(Cc5ccc(Cl)c(Cl)c5)CC4)c(Cl)c3n2)c1. The van der Waals surface area contributed by atoms with E-state index in [4.69, 9.17) is 39.5 Å². The molecule has 0 N–H and O–H groups in total. The first-order chi connectivity index (χ1) is 18.5. The van der Waals surface area contributed by atoms with E-state index in [1.165, 1.54) is 12.0 Å². The van der Waals surface area contributed by atoms with Crippen LogP contribution in [0.2, 0.25) is 15.1 Å². The van der Waals surface area contributed by atoms with Crippen LogP contribution in [0.5, 0.6) is 5.75 Å². The Hall–Kier alpha value is -3.05. The summed E-state index contributed by atoms with van der Waals surface area (Å²) in [5.74, 6) is -0.104. The van der Waals surface area contributed by atoms with Crippen LogP contribution in [-0.2, 0) is 12.7 Å². The number of carbonyl (C=O) groups excluding carboxylic acids is 1. The number of rotatable bonds is 5. The van der Waals surface area contributed by atoms with Gasteiger partial charge in [-0.1, -0.05) is 53.0 Å².